The summed E-state index contributed by atoms with van der Waals surface area (Å²) in [7, 11) is 0. The predicted molar refractivity (Wildman–Crippen MR) is 154 cm³/mol. The number of unbranched alkanes of at least 4 members (excludes halogenated alkanes) is 1. The second kappa shape index (κ2) is 12.2. The van der Waals surface area contributed by atoms with E-state index >= 15 is 0 Å². The van der Waals surface area contributed by atoms with E-state index in [1.165, 1.54) is 0 Å². The summed E-state index contributed by atoms with van der Waals surface area (Å²) >= 11 is 6.01. The molecule has 0 atom stereocenters. The Labute approximate surface area is 243 Å². The fraction of sp³-hybridized carbons (Fsp3) is 0.375. The van der Waals surface area contributed by atoms with Crippen LogP contribution in [-0.4, -0.2) is 55.1 Å². The maximum atomic E-state index is 13.6. The van der Waals surface area contributed by atoms with Crippen molar-refractivity contribution < 1.29 is 22.8 Å². The number of rotatable bonds is 9. The lowest BCUT2D eigenvalue weighted by Gasteiger charge is -2.33. The average molecular weight is 584 g/mol. The highest BCUT2D eigenvalue weighted by atomic mass is 35.5. The number of likely N-dealkylation sites (tertiary alicyclic amines) is 1. The highest BCUT2D eigenvalue weighted by Gasteiger charge is 2.49. The van der Waals surface area contributed by atoms with Crippen LogP contribution >= 0.6 is 11.6 Å². The number of nitrogens with one attached hydrogen (secondary N) is 2. The predicted octanol–water partition coefficient (Wildman–Crippen LogP) is 6.35. The van der Waals surface area contributed by atoms with E-state index in [-0.39, 0.29) is 11.9 Å². The molecule has 0 bridgehead atoms. The minimum absolute atomic E-state index is 0.0878. The van der Waals surface area contributed by atoms with Gasteiger partial charge in [-0.1, -0.05) is 72.6 Å². The molecular weight excluding hydrogens is 551 g/mol. The number of nitrogens with zero attached hydrogens (tertiary/aromatic N) is 1. The molecule has 5 rings (SSSR count). The van der Waals surface area contributed by atoms with Crippen molar-refractivity contribution in [1.29, 1.82) is 0 Å². The van der Waals surface area contributed by atoms with Crippen molar-refractivity contribution in [2.24, 2.45) is 0 Å². The van der Waals surface area contributed by atoms with Crippen molar-refractivity contribution in [3.8, 4) is 11.1 Å². The Morgan fingerprint density at radius 1 is 0.902 bits per heavy atom. The number of benzene rings is 3. The van der Waals surface area contributed by atoms with Crippen LogP contribution in [-0.2, 0) is 10.2 Å². The van der Waals surface area contributed by atoms with Crippen LogP contribution in [0.3, 0.4) is 0 Å². The first kappa shape index (κ1) is 29.1. The maximum absolute atomic E-state index is 13.6. The van der Waals surface area contributed by atoms with E-state index in [0.29, 0.717) is 23.4 Å². The lowest BCUT2D eigenvalue weighted by molar-refractivity contribution is -0.141. The van der Waals surface area contributed by atoms with Gasteiger partial charge in [-0.15, -0.1) is 0 Å². The van der Waals surface area contributed by atoms with Crippen molar-refractivity contribution in [1.82, 2.24) is 15.5 Å². The molecule has 0 spiro atoms. The van der Waals surface area contributed by atoms with Crippen molar-refractivity contribution in [2.45, 2.75) is 49.7 Å². The van der Waals surface area contributed by atoms with Crippen LogP contribution in [0.2, 0.25) is 5.02 Å². The van der Waals surface area contributed by atoms with Gasteiger partial charge in [0.25, 0.3) is 5.91 Å². The average Bonchev–Trinajstić information content (AvgIpc) is 3.25. The highest BCUT2D eigenvalue weighted by molar-refractivity contribution is 6.31. The van der Waals surface area contributed by atoms with Crippen molar-refractivity contribution in [2.75, 3.05) is 26.2 Å². The maximum Gasteiger partial charge on any atom is 0.405 e. The lowest BCUT2D eigenvalue weighted by atomic mass is 9.73. The number of hydrogen-bond acceptors (Lipinski definition) is 3. The molecule has 0 aromatic heterocycles. The van der Waals surface area contributed by atoms with Crippen LogP contribution in [0.15, 0.2) is 72.8 Å². The second-order valence-corrected chi connectivity index (χ2v) is 11.3. The van der Waals surface area contributed by atoms with Crippen LogP contribution in [0, 0.1) is 0 Å². The Hall–Kier alpha value is -3.36. The fourth-order valence-electron chi connectivity index (χ4n) is 6.21. The van der Waals surface area contributed by atoms with Crippen molar-refractivity contribution in [3.05, 3.63) is 94.5 Å². The monoisotopic (exact) mass is 583 g/mol. The van der Waals surface area contributed by atoms with E-state index in [0.717, 1.165) is 61.2 Å². The SMILES string of the molecule is O=C(NC1CCN(CCCCC2(C(=O)NCC(F)(F)F)c3ccccc3-c3ccccc32)CC1)c1cccc(Cl)c1. The summed E-state index contributed by atoms with van der Waals surface area (Å²) in [5.74, 6) is -0.736. The molecule has 1 aliphatic heterocycles. The summed E-state index contributed by atoms with van der Waals surface area (Å²) in [5.41, 5.74) is 2.69. The van der Waals surface area contributed by atoms with E-state index in [4.69, 9.17) is 11.6 Å². The largest absolute Gasteiger partial charge is 0.405 e. The molecule has 41 heavy (non-hydrogen) atoms. The van der Waals surface area contributed by atoms with Gasteiger partial charge in [0.1, 0.15) is 12.0 Å². The molecule has 1 heterocycles. The molecule has 2 aliphatic rings. The topological polar surface area (TPSA) is 61.4 Å². The molecule has 1 fully saturated rings. The third kappa shape index (κ3) is 6.44. The number of piperidine rings is 1. The van der Waals surface area contributed by atoms with Gasteiger partial charge in [-0.2, -0.15) is 13.2 Å². The summed E-state index contributed by atoms with van der Waals surface area (Å²) in [4.78, 5) is 28.5. The molecule has 1 aliphatic carbocycles. The smallest absolute Gasteiger partial charge is 0.349 e. The minimum Gasteiger partial charge on any atom is -0.349 e. The number of fused-ring (bicyclic) bond motifs is 3. The molecule has 5 nitrogen and oxygen atoms in total. The number of hydrogen-bond donors (Lipinski definition) is 2. The lowest BCUT2D eigenvalue weighted by Crippen LogP contribution is -2.47. The van der Waals surface area contributed by atoms with Gasteiger partial charge in [0, 0.05) is 29.7 Å². The Morgan fingerprint density at radius 3 is 2.15 bits per heavy atom. The van der Waals surface area contributed by atoms with Gasteiger partial charge < -0.3 is 15.5 Å². The summed E-state index contributed by atoms with van der Waals surface area (Å²) in [5, 5.41) is 5.82. The van der Waals surface area contributed by atoms with Crippen molar-refractivity contribution >= 4 is 23.4 Å². The number of halogens is 4. The molecule has 9 heteroatoms. The number of alkyl halides is 3. The quantitative estimate of drug-likeness (QED) is 0.289. The third-order valence-corrected chi connectivity index (χ3v) is 8.42. The van der Waals surface area contributed by atoms with Gasteiger partial charge in [-0.25, -0.2) is 0 Å². The first-order valence-electron chi connectivity index (χ1n) is 14.0. The molecule has 216 valence electrons. The molecule has 0 unspecified atom stereocenters. The zero-order valence-corrected chi connectivity index (χ0v) is 23.4. The summed E-state index contributed by atoms with van der Waals surface area (Å²) in [6, 6.07) is 22.0. The normalized spacial score (nSPS) is 16.6. The number of carbonyl (C=O) groups is 2. The molecule has 0 radical (unpaired) electrons. The fourth-order valence-corrected chi connectivity index (χ4v) is 6.40. The van der Waals surface area contributed by atoms with Gasteiger partial charge in [-0.3, -0.25) is 9.59 Å². The Kier molecular flexibility index (Phi) is 8.71. The van der Waals surface area contributed by atoms with Gasteiger partial charge in [0.2, 0.25) is 5.91 Å². The van der Waals surface area contributed by atoms with Crippen LogP contribution in [0.25, 0.3) is 11.1 Å². The molecule has 2 amide bonds. The summed E-state index contributed by atoms with van der Waals surface area (Å²) in [6.07, 6.45) is -0.940. The van der Waals surface area contributed by atoms with Gasteiger partial charge in [-0.05, 0) is 72.7 Å². The van der Waals surface area contributed by atoms with E-state index in [1.807, 2.05) is 48.5 Å². The third-order valence-electron chi connectivity index (χ3n) is 8.19. The highest BCUT2D eigenvalue weighted by Crippen LogP contribution is 2.51. The molecular formula is C32H33ClF3N3O2. The Bertz CT molecular complexity index is 1360. The molecule has 0 saturated carbocycles. The zero-order valence-electron chi connectivity index (χ0n) is 22.6. The van der Waals surface area contributed by atoms with Crippen LogP contribution in [0.4, 0.5) is 13.2 Å². The Balaban J connectivity index is 1.20. The van der Waals surface area contributed by atoms with Crippen LogP contribution < -0.4 is 10.6 Å². The minimum atomic E-state index is -4.49. The van der Waals surface area contributed by atoms with Gasteiger partial charge >= 0.3 is 6.18 Å². The van der Waals surface area contributed by atoms with E-state index in [2.05, 4.69) is 15.5 Å². The first-order valence-corrected chi connectivity index (χ1v) is 14.4. The summed E-state index contributed by atoms with van der Waals surface area (Å²) in [6.45, 7) is 1.13. The second-order valence-electron chi connectivity index (χ2n) is 10.9. The molecule has 3 aromatic carbocycles. The first-order chi connectivity index (χ1) is 19.7. The zero-order chi connectivity index (χ0) is 29.0. The molecule has 3 aromatic rings. The molecule has 1 saturated heterocycles. The van der Waals surface area contributed by atoms with Crippen LogP contribution in [0.5, 0.6) is 0 Å². The van der Waals surface area contributed by atoms with Crippen LogP contribution in [0.1, 0.15) is 53.6 Å². The number of amides is 2. The number of carbonyl (C=O) groups excluding carboxylic acids is 2. The standard InChI is InChI=1S/C32H33ClF3N3O2/c33-23-9-7-8-22(20-23)29(40)38-24-14-18-39(19-15-24)17-6-5-16-31(30(41)37-21-32(34,35)36)27-12-3-1-10-25(27)26-11-2-4-13-28(26)31/h1-4,7-13,20,24H,5-6,14-19,21H2,(H,37,41)(H,38,40). The Morgan fingerprint density at radius 2 is 1.54 bits per heavy atom. The van der Waals surface area contributed by atoms with Gasteiger partial charge in [0.15, 0.2) is 0 Å². The van der Waals surface area contributed by atoms with E-state index < -0.39 is 24.0 Å². The van der Waals surface area contributed by atoms with E-state index in [1.54, 1.807) is 24.3 Å². The molecule has 2 N–H and O–H groups in total. The van der Waals surface area contributed by atoms with E-state index in [9.17, 15) is 22.8 Å². The van der Waals surface area contributed by atoms with Gasteiger partial charge in [0.05, 0.1) is 0 Å². The summed E-state index contributed by atoms with van der Waals surface area (Å²) < 4.78 is 39.2. The van der Waals surface area contributed by atoms with Crippen molar-refractivity contribution in [3.63, 3.8) is 0 Å².